The predicted molar refractivity (Wildman–Crippen MR) is 96.4 cm³/mol. The van der Waals surface area contributed by atoms with E-state index in [1.165, 1.54) is 22.3 Å². The first-order valence-electron chi connectivity index (χ1n) is 8.60. The summed E-state index contributed by atoms with van der Waals surface area (Å²) in [6.07, 6.45) is 3.93. The van der Waals surface area contributed by atoms with Crippen molar-refractivity contribution in [2.24, 2.45) is 0 Å². The first-order chi connectivity index (χ1) is 13.0. The Morgan fingerprint density at radius 2 is 2.04 bits per heavy atom. The van der Waals surface area contributed by atoms with Gasteiger partial charge in [0.2, 0.25) is 5.03 Å². The van der Waals surface area contributed by atoms with Crippen molar-refractivity contribution in [2.45, 2.75) is 30.8 Å². The van der Waals surface area contributed by atoms with Crippen molar-refractivity contribution in [1.29, 1.82) is 5.26 Å². The molecule has 0 amide bonds. The van der Waals surface area contributed by atoms with Crippen LogP contribution in [0, 0.1) is 11.3 Å². The molecular weight excluding hydrogens is 368 g/mol. The number of hydrogen-bond donors (Lipinski definition) is 0. The molecule has 1 aromatic heterocycles. The summed E-state index contributed by atoms with van der Waals surface area (Å²) in [7, 11) is -2.68. The summed E-state index contributed by atoms with van der Waals surface area (Å²) in [6, 6.07) is 8.97. The summed E-state index contributed by atoms with van der Waals surface area (Å²) in [5.74, 6) is -0.748. The number of ether oxygens (including phenoxy) is 1. The van der Waals surface area contributed by atoms with E-state index in [-0.39, 0.29) is 17.1 Å². The maximum Gasteiger partial charge on any atom is 0.342 e. The van der Waals surface area contributed by atoms with Crippen LogP contribution >= 0.6 is 0 Å². The number of nitrogens with zero attached hydrogens (tertiary/aromatic N) is 4. The van der Waals surface area contributed by atoms with Crippen molar-refractivity contribution in [2.75, 3.05) is 20.2 Å². The molecule has 1 aliphatic heterocycles. The standard InChI is InChI=1S/C18H20N4O4S/c1-26-18(23)16-13-21(12-15-7-5-6-14(10-15)11-19)20-17(16)27(24,25)22-8-3-2-4-9-22/h5-7,10,13H,2-4,8-9,12H2,1H3. The number of piperidine rings is 1. The molecule has 2 heterocycles. The number of rotatable bonds is 5. The van der Waals surface area contributed by atoms with E-state index in [4.69, 9.17) is 10.00 Å². The number of benzene rings is 1. The second kappa shape index (κ2) is 7.90. The molecule has 0 spiro atoms. The number of carbonyl (C=O) groups excluding carboxylic acids is 1. The molecule has 8 nitrogen and oxygen atoms in total. The number of methoxy groups -OCH3 is 1. The van der Waals surface area contributed by atoms with Gasteiger partial charge in [0.15, 0.2) is 0 Å². The van der Waals surface area contributed by atoms with Crippen molar-refractivity contribution in [3.05, 3.63) is 47.2 Å². The van der Waals surface area contributed by atoms with E-state index < -0.39 is 16.0 Å². The fraction of sp³-hybridized carbons (Fsp3) is 0.389. The van der Waals surface area contributed by atoms with Gasteiger partial charge in [0.05, 0.1) is 25.3 Å². The molecule has 0 unspecified atom stereocenters. The normalized spacial score (nSPS) is 15.3. The zero-order chi connectivity index (χ0) is 19.4. The second-order valence-electron chi connectivity index (χ2n) is 6.31. The lowest BCUT2D eigenvalue weighted by atomic mass is 10.1. The molecule has 0 bridgehead atoms. The third kappa shape index (κ3) is 4.02. The van der Waals surface area contributed by atoms with Gasteiger partial charge in [-0.15, -0.1) is 0 Å². The van der Waals surface area contributed by atoms with E-state index in [0.29, 0.717) is 18.7 Å². The topological polar surface area (TPSA) is 105 Å². The summed E-state index contributed by atoms with van der Waals surface area (Å²) < 4.78 is 33.5. The van der Waals surface area contributed by atoms with Gasteiger partial charge in [0.1, 0.15) is 5.56 Å². The molecule has 1 aliphatic rings. The molecule has 0 N–H and O–H groups in total. The molecule has 0 radical (unpaired) electrons. The average molecular weight is 388 g/mol. The van der Waals surface area contributed by atoms with E-state index in [1.807, 2.05) is 0 Å². The summed E-state index contributed by atoms with van der Waals surface area (Å²) in [5, 5.41) is 12.9. The molecule has 3 rings (SSSR count). The summed E-state index contributed by atoms with van der Waals surface area (Å²) >= 11 is 0. The molecule has 2 aromatic rings. The average Bonchev–Trinajstić information content (AvgIpc) is 3.13. The van der Waals surface area contributed by atoms with Gasteiger partial charge in [0, 0.05) is 19.3 Å². The van der Waals surface area contributed by atoms with Crippen molar-refractivity contribution in [3.8, 4) is 6.07 Å². The monoisotopic (exact) mass is 388 g/mol. The van der Waals surface area contributed by atoms with E-state index >= 15 is 0 Å². The van der Waals surface area contributed by atoms with Crippen molar-refractivity contribution >= 4 is 16.0 Å². The van der Waals surface area contributed by atoms with Gasteiger partial charge in [-0.2, -0.15) is 14.7 Å². The molecule has 27 heavy (non-hydrogen) atoms. The first kappa shape index (κ1) is 19.1. The highest BCUT2D eigenvalue weighted by molar-refractivity contribution is 7.89. The Labute approximate surface area is 158 Å². The van der Waals surface area contributed by atoms with Crippen molar-refractivity contribution in [3.63, 3.8) is 0 Å². The van der Waals surface area contributed by atoms with Crippen LogP contribution in [0.2, 0.25) is 0 Å². The number of aromatic nitrogens is 2. The summed E-state index contributed by atoms with van der Waals surface area (Å²) in [5.41, 5.74) is 1.18. The third-order valence-electron chi connectivity index (χ3n) is 4.43. The van der Waals surface area contributed by atoms with Gasteiger partial charge >= 0.3 is 5.97 Å². The molecule has 0 saturated carbocycles. The third-order valence-corrected chi connectivity index (χ3v) is 6.27. The molecule has 1 aromatic carbocycles. The Morgan fingerprint density at radius 3 is 2.70 bits per heavy atom. The van der Waals surface area contributed by atoms with Crippen LogP contribution in [0.25, 0.3) is 0 Å². The maximum absolute atomic E-state index is 13.0. The molecule has 142 valence electrons. The minimum absolute atomic E-state index is 0.0838. The fourth-order valence-corrected chi connectivity index (χ4v) is 4.68. The Balaban J connectivity index is 1.98. The highest BCUT2D eigenvalue weighted by atomic mass is 32.2. The minimum Gasteiger partial charge on any atom is -0.465 e. The largest absolute Gasteiger partial charge is 0.465 e. The lowest BCUT2D eigenvalue weighted by molar-refractivity contribution is 0.0596. The van der Waals surface area contributed by atoms with Crippen LogP contribution in [0.4, 0.5) is 0 Å². The number of sulfonamides is 1. The highest BCUT2D eigenvalue weighted by Gasteiger charge is 2.33. The van der Waals surface area contributed by atoms with Crippen LogP contribution in [0.3, 0.4) is 0 Å². The van der Waals surface area contributed by atoms with Crippen LogP contribution in [0.1, 0.15) is 40.7 Å². The van der Waals surface area contributed by atoms with Crippen molar-refractivity contribution in [1.82, 2.24) is 14.1 Å². The maximum atomic E-state index is 13.0. The molecule has 1 saturated heterocycles. The summed E-state index contributed by atoms with van der Waals surface area (Å²) in [4.78, 5) is 12.1. The molecule has 1 fully saturated rings. The number of nitriles is 1. The zero-order valence-corrected chi connectivity index (χ0v) is 15.8. The van der Waals surface area contributed by atoms with Crippen LogP contribution in [0.5, 0.6) is 0 Å². The van der Waals surface area contributed by atoms with Gasteiger partial charge in [-0.25, -0.2) is 13.2 Å². The Hall–Kier alpha value is -2.70. The zero-order valence-electron chi connectivity index (χ0n) is 15.0. The predicted octanol–water partition coefficient (Wildman–Crippen LogP) is 1.76. The lowest BCUT2D eigenvalue weighted by Crippen LogP contribution is -2.36. The van der Waals surface area contributed by atoms with E-state index in [0.717, 1.165) is 24.8 Å². The fourth-order valence-electron chi connectivity index (χ4n) is 3.08. The SMILES string of the molecule is COC(=O)c1cn(Cc2cccc(C#N)c2)nc1S(=O)(=O)N1CCCCC1. The van der Waals surface area contributed by atoms with Crippen LogP contribution < -0.4 is 0 Å². The van der Waals surface area contributed by atoms with E-state index in [9.17, 15) is 13.2 Å². The van der Waals surface area contributed by atoms with E-state index in [2.05, 4.69) is 11.2 Å². The number of carbonyl (C=O) groups is 1. The first-order valence-corrected chi connectivity index (χ1v) is 10.0. The van der Waals surface area contributed by atoms with Crippen LogP contribution in [0.15, 0.2) is 35.5 Å². The molecule has 0 aliphatic carbocycles. The van der Waals surface area contributed by atoms with Gasteiger partial charge in [0.25, 0.3) is 10.0 Å². The van der Waals surface area contributed by atoms with Crippen LogP contribution in [-0.2, 0) is 21.3 Å². The number of esters is 1. The Bertz CT molecular complexity index is 985. The van der Waals surface area contributed by atoms with Gasteiger partial charge in [-0.3, -0.25) is 4.68 Å². The van der Waals surface area contributed by atoms with Gasteiger partial charge in [-0.1, -0.05) is 18.6 Å². The summed E-state index contributed by atoms with van der Waals surface area (Å²) in [6.45, 7) is 1.06. The highest BCUT2D eigenvalue weighted by Crippen LogP contribution is 2.23. The Morgan fingerprint density at radius 1 is 1.30 bits per heavy atom. The van der Waals surface area contributed by atoms with Gasteiger partial charge < -0.3 is 4.74 Å². The number of hydrogen-bond acceptors (Lipinski definition) is 6. The van der Waals surface area contributed by atoms with E-state index in [1.54, 1.807) is 24.3 Å². The Kier molecular flexibility index (Phi) is 5.58. The smallest absolute Gasteiger partial charge is 0.342 e. The molecule has 9 heteroatoms. The second-order valence-corrected chi connectivity index (χ2v) is 8.17. The van der Waals surface area contributed by atoms with Gasteiger partial charge in [-0.05, 0) is 30.5 Å². The lowest BCUT2D eigenvalue weighted by Gasteiger charge is -2.25. The quantitative estimate of drug-likeness (QED) is 0.723. The van der Waals surface area contributed by atoms with Crippen molar-refractivity contribution < 1.29 is 17.9 Å². The van der Waals surface area contributed by atoms with Crippen LogP contribution in [-0.4, -0.2) is 48.7 Å². The molecular formula is C18H20N4O4S. The minimum atomic E-state index is -3.88. The molecule has 0 atom stereocenters.